The predicted octanol–water partition coefficient (Wildman–Crippen LogP) is 1.75. The zero-order valence-electron chi connectivity index (χ0n) is 9.45. The van der Waals surface area contributed by atoms with Crippen LogP contribution < -0.4 is 0 Å². The van der Waals surface area contributed by atoms with Crippen LogP contribution in [0, 0.1) is 6.92 Å². The van der Waals surface area contributed by atoms with Crippen LogP contribution in [0.25, 0.3) is 0 Å². The van der Waals surface area contributed by atoms with Crippen molar-refractivity contribution in [2.24, 2.45) is 0 Å². The van der Waals surface area contributed by atoms with Crippen LogP contribution in [0.15, 0.2) is 4.42 Å². The molecule has 0 unspecified atom stereocenters. The number of aromatic carboxylic acids is 1. The summed E-state index contributed by atoms with van der Waals surface area (Å²) in [6.07, 6.45) is 1.62. The fourth-order valence-corrected chi connectivity index (χ4v) is 1.89. The third-order valence-corrected chi connectivity index (χ3v) is 3.10. The second-order valence-corrected chi connectivity index (χ2v) is 4.41. The van der Waals surface area contributed by atoms with Gasteiger partial charge in [-0.15, -0.1) is 0 Å². The van der Waals surface area contributed by atoms with Gasteiger partial charge in [-0.05, 0) is 19.8 Å². The first-order valence-corrected chi connectivity index (χ1v) is 5.32. The van der Waals surface area contributed by atoms with Gasteiger partial charge in [0.1, 0.15) is 0 Å². The molecular formula is C11H15NO4. The van der Waals surface area contributed by atoms with Crippen LogP contribution in [0.5, 0.6) is 0 Å². The summed E-state index contributed by atoms with van der Waals surface area (Å²) < 4.78 is 10.6. The number of hydrogen-bond donors (Lipinski definition) is 1. The van der Waals surface area contributed by atoms with Crippen LogP contribution in [0.3, 0.4) is 0 Å². The van der Waals surface area contributed by atoms with Crippen LogP contribution in [-0.4, -0.2) is 29.3 Å². The van der Waals surface area contributed by atoms with Crippen molar-refractivity contribution in [3.63, 3.8) is 0 Å². The van der Waals surface area contributed by atoms with Crippen LogP contribution >= 0.6 is 0 Å². The summed E-state index contributed by atoms with van der Waals surface area (Å²) >= 11 is 0. The maximum atomic E-state index is 10.9. The number of carboxylic acid groups (broad SMARTS) is 1. The summed E-state index contributed by atoms with van der Waals surface area (Å²) in [5.41, 5.74) is 0.242. The third-order valence-electron chi connectivity index (χ3n) is 3.10. The van der Waals surface area contributed by atoms with E-state index < -0.39 is 5.97 Å². The number of nitrogens with zero attached hydrogens (tertiary/aromatic N) is 1. The smallest absolute Gasteiger partial charge is 0.373 e. The molecule has 1 aromatic rings. The quantitative estimate of drug-likeness (QED) is 0.830. The number of aromatic nitrogens is 1. The van der Waals surface area contributed by atoms with Gasteiger partial charge in [0.2, 0.25) is 11.7 Å². The zero-order chi connectivity index (χ0) is 11.8. The van der Waals surface area contributed by atoms with Gasteiger partial charge < -0.3 is 14.3 Å². The molecule has 1 aliphatic rings. The van der Waals surface area contributed by atoms with E-state index in [-0.39, 0.29) is 11.2 Å². The van der Waals surface area contributed by atoms with E-state index in [0.717, 1.165) is 12.8 Å². The average molecular weight is 225 g/mol. The van der Waals surface area contributed by atoms with Crippen molar-refractivity contribution in [3.05, 3.63) is 17.3 Å². The molecule has 0 atom stereocenters. The molecule has 1 aliphatic heterocycles. The number of rotatable bonds is 2. The highest BCUT2D eigenvalue weighted by Gasteiger charge is 2.35. The standard InChI is InChI=1S/C11H15NO4/c1-7-8(9(13)14)16-10(12-7)11(2)3-5-15-6-4-11/h3-6H2,1-2H3,(H,13,14). The first kappa shape index (κ1) is 11.1. The molecule has 2 rings (SSSR count). The van der Waals surface area contributed by atoms with E-state index >= 15 is 0 Å². The average Bonchev–Trinajstić information content (AvgIpc) is 2.62. The third kappa shape index (κ3) is 1.82. The Morgan fingerprint density at radius 2 is 2.06 bits per heavy atom. The Morgan fingerprint density at radius 1 is 1.44 bits per heavy atom. The van der Waals surface area contributed by atoms with Gasteiger partial charge >= 0.3 is 5.97 Å². The molecule has 5 nitrogen and oxygen atoms in total. The molecule has 0 aliphatic carbocycles. The summed E-state index contributed by atoms with van der Waals surface area (Å²) in [7, 11) is 0. The molecule has 0 bridgehead atoms. The highest BCUT2D eigenvalue weighted by molar-refractivity contribution is 5.85. The number of hydrogen-bond acceptors (Lipinski definition) is 4. The molecule has 1 N–H and O–H groups in total. The number of carboxylic acids is 1. The monoisotopic (exact) mass is 225 g/mol. The lowest BCUT2D eigenvalue weighted by atomic mass is 9.82. The van der Waals surface area contributed by atoms with E-state index in [2.05, 4.69) is 4.98 Å². The van der Waals surface area contributed by atoms with E-state index in [4.69, 9.17) is 14.3 Å². The molecule has 1 aromatic heterocycles. The fraction of sp³-hybridized carbons (Fsp3) is 0.636. The van der Waals surface area contributed by atoms with E-state index in [9.17, 15) is 4.79 Å². The first-order valence-electron chi connectivity index (χ1n) is 5.32. The van der Waals surface area contributed by atoms with Crippen molar-refractivity contribution in [1.29, 1.82) is 0 Å². The molecule has 16 heavy (non-hydrogen) atoms. The molecule has 2 heterocycles. The predicted molar refractivity (Wildman–Crippen MR) is 55.6 cm³/mol. The molecule has 0 spiro atoms. The molecule has 0 aromatic carbocycles. The van der Waals surface area contributed by atoms with E-state index in [1.165, 1.54) is 0 Å². The van der Waals surface area contributed by atoms with Gasteiger partial charge in [-0.1, -0.05) is 6.92 Å². The molecule has 0 amide bonds. The normalized spacial score (nSPS) is 19.6. The molecule has 0 radical (unpaired) electrons. The molecule has 5 heteroatoms. The molecule has 88 valence electrons. The molecule has 0 saturated carbocycles. The van der Waals surface area contributed by atoms with Gasteiger partial charge in [-0.3, -0.25) is 0 Å². The molecule has 1 saturated heterocycles. The SMILES string of the molecule is Cc1nc(C2(C)CCOCC2)oc1C(=O)O. The first-order chi connectivity index (χ1) is 7.53. The minimum atomic E-state index is -1.06. The van der Waals surface area contributed by atoms with Gasteiger partial charge in [-0.2, -0.15) is 0 Å². The Kier molecular flexibility index (Phi) is 2.71. The number of carbonyl (C=O) groups is 1. The van der Waals surface area contributed by atoms with Gasteiger partial charge in [0.25, 0.3) is 0 Å². The second-order valence-electron chi connectivity index (χ2n) is 4.41. The highest BCUT2D eigenvalue weighted by atomic mass is 16.5. The van der Waals surface area contributed by atoms with Crippen LogP contribution in [-0.2, 0) is 10.2 Å². The van der Waals surface area contributed by atoms with E-state index in [0.29, 0.717) is 24.8 Å². The lowest BCUT2D eigenvalue weighted by Crippen LogP contribution is -2.30. The van der Waals surface area contributed by atoms with Crippen molar-refractivity contribution in [2.75, 3.05) is 13.2 Å². The Balaban J connectivity index is 2.33. The van der Waals surface area contributed by atoms with E-state index in [1.54, 1.807) is 6.92 Å². The maximum absolute atomic E-state index is 10.9. The van der Waals surface area contributed by atoms with Gasteiger partial charge in [0.05, 0.1) is 5.69 Å². The number of ether oxygens (including phenoxy) is 1. The van der Waals surface area contributed by atoms with Gasteiger partial charge in [0.15, 0.2) is 0 Å². The Hall–Kier alpha value is -1.36. The summed E-state index contributed by atoms with van der Waals surface area (Å²) in [6.45, 7) is 5.02. The largest absolute Gasteiger partial charge is 0.475 e. The lowest BCUT2D eigenvalue weighted by Gasteiger charge is -2.30. The summed E-state index contributed by atoms with van der Waals surface area (Å²) in [5.74, 6) is -0.597. The van der Waals surface area contributed by atoms with E-state index in [1.807, 2.05) is 6.92 Å². The van der Waals surface area contributed by atoms with Crippen molar-refractivity contribution in [2.45, 2.75) is 32.1 Å². The lowest BCUT2D eigenvalue weighted by molar-refractivity contribution is 0.0454. The Bertz CT molecular complexity index is 404. The fourth-order valence-electron chi connectivity index (χ4n) is 1.89. The van der Waals surface area contributed by atoms with Crippen LogP contribution in [0.4, 0.5) is 0 Å². The Labute approximate surface area is 93.4 Å². The van der Waals surface area contributed by atoms with Crippen molar-refractivity contribution in [3.8, 4) is 0 Å². The summed E-state index contributed by atoms with van der Waals surface area (Å²) in [6, 6.07) is 0. The van der Waals surface area contributed by atoms with Crippen molar-refractivity contribution < 1.29 is 19.1 Å². The topological polar surface area (TPSA) is 72.6 Å². The number of aryl methyl sites for hydroxylation is 1. The summed E-state index contributed by atoms with van der Waals surface area (Å²) in [5, 5.41) is 8.90. The zero-order valence-corrected chi connectivity index (χ0v) is 9.45. The van der Waals surface area contributed by atoms with Crippen molar-refractivity contribution in [1.82, 2.24) is 4.98 Å². The minimum absolute atomic E-state index is 0.0530. The summed E-state index contributed by atoms with van der Waals surface area (Å²) in [4.78, 5) is 15.1. The molecule has 1 fully saturated rings. The second kappa shape index (κ2) is 3.90. The van der Waals surface area contributed by atoms with Crippen LogP contribution in [0.2, 0.25) is 0 Å². The van der Waals surface area contributed by atoms with Gasteiger partial charge in [0, 0.05) is 18.6 Å². The van der Waals surface area contributed by atoms with Crippen LogP contribution in [0.1, 0.15) is 41.9 Å². The Morgan fingerprint density at radius 3 is 2.56 bits per heavy atom. The van der Waals surface area contributed by atoms with Crippen molar-refractivity contribution >= 4 is 5.97 Å². The highest BCUT2D eigenvalue weighted by Crippen LogP contribution is 2.34. The molecular weight excluding hydrogens is 210 g/mol. The maximum Gasteiger partial charge on any atom is 0.373 e. The van der Waals surface area contributed by atoms with Gasteiger partial charge in [-0.25, -0.2) is 9.78 Å². The number of oxazole rings is 1. The minimum Gasteiger partial charge on any atom is -0.475 e.